The fourth-order valence-corrected chi connectivity index (χ4v) is 0.783. The minimum absolute atomic E-state index is 0.0392. The Hall–Kier alpha value is -0.620. The van der Waals surface area contributed by atoms with Crippen molar-refractivity contribution in [2.75, 3.05) is 6.61 Å². The first-order valence-electron chi connectivity index (χ1n) is 2.45. The zero-order chi connectivity index (χ0) is 8.04. The van der Waals surface area contributed by atoms with Crippen LogP contribution < -0.4 is 0 Å². The number of rotatable bonds is 4. The molecule has 0 radical (unpaired) electrons. The van der Waals surface area contributed by atoms with E-state index in [0.717, 1.165) is 0 Å². The second-order valence-corrected chi connectivity index (χ2v) is 2.42. The topological polar surface area (TPSA) is 52.6 Å². The van der Waals surface area contributed by atoms with Crippen molar-refractivity contribution in [3.63, 3.8) is 0 Å². The van der Waals surface area contributed by atoms with E-state index in [-0.39, 0.29) is 12.9 Å². The highest BCUT2D eigenvalue weighted by Crippen LogP contribution is 1.95. The molecule has 0 rings (SSSR count). The third kappa shape index (κ3) is 4.28. The summed E-state index contributed by atoms with van der Waals surface area (Å²) in [5, 5.41) is 0. The first-order chi connectivity index (χ1) is 4.62. The van der Waals surface area contributed by atoms with Gasteiger partial charge in [-0.3, -0.25) is 0 Å². The largest absolute Gasteiger partial charge is 0.448 e. The maximum absolute atomic E-state index is 11.1. The molecule has 10 heavy (non-hydrogen) atoms. The summed E-state index contributed by atoms with van der Waals surface area (Å²) in [4.78, 5) is 0. The Morgan fingerprint density at radius 1 is 1.60 bits per heavy atom. The van der Waals surface area contributed by atoms with Gasteiger partial charge in [0, 0.05) is 0 Å². The average Bonchev–Trinajstić information content (AvgIpc) is 1.84. The van der Waals surface area contributed by atoms with E-state index in [1.54, 1.807) is 0 Å². The Morgan fingerprint density at radius 2 is 2.20 bits per heavy atom. The van der Waals surface area contributed by atoms with Gasteiger partial charge in [-0.1, -0.05) is 0 Å². The SMILES string of the molecule is CCOS(=O)(=O)OC=CF. The van der Waals surface area contributed by atoms with E-state index in [9.17, 15) is 12.8 Å². The van der Waals surface area contributed by atoms with E-state index in [0.29, 0.717) is 6.26 Å². The standard InChI is InChI=1S/C4H7FO4S/c1-2-8-10(6,7)9-4-3-5/h3-4H,2H2,1H3. The molecule has 4 nitrogen and oxygen atoms in total. The predicted octanol–water partition coefficient (Wildman–Crippen LogP) is 0.725. The number of hydrogen-bond acceptors (Lipinski definition) is 4. The minimum atomic E-state index is -4.02. The van der Waals surface area contributed by atoms with Gasteiger partial charge in [-0.05, 0) is 6.92 Å². The van der Waals surface area contributed by atoms with Gasteiger partial charge in [0.2, 0.25) is 0 Å². The zero-order valence-electron chi connectivity index (χ0n) is 5.28. The molecule has 60 valence electrons. The second kappa shape index (κ2) is 4.24. The van der Waals surface area contributed by atoms with Gasteiger partial charge in [-0.15, -0.1) is 0 Å². The van der Waals surface area contributed by atoms with Crippen LogP contribution in [0.15, 0.2) is 12.6 Å². The van der Waals surface area contributed by atoms with E-state index in [2.05, 4.69) is 8.37 Å². The molecule has 0 aromatic heterocycles. The molecule has 0 unspecified atom stereocenters. The first-order valence-corrected chi connectivity index (χ1v) is 3.78. The third-order valence-electron chi connectivity index (χ3n) is 0.487. The summed E-state index contributed by atoms with van der Waals surface area (Å²) in [6.45, 7) is 1.43. The quantitative estimate of drug-likeness (QED) is 0.583. The summed E-state index contributed by atoms with van der Waals surface area (Å²) in [7, 11) is -4.02. The van der Waals surface area contributed by atoms with Gasteiger partial charge in [0.25, 0.3) is 0 Å². The highest BCUT2D eigenvalue weighted by atomic mass is 32.3. The lowest BCUT2D eigenvalue weighted by molar-refractivity contribution is 0.270. The lowest BCUT2D eigenvalue weighted by atomic mass is 10.9. The van der Waals surface area contributed by atoms with Crippen molar-refractivity contribution in [3.05, 3.63) is 12.6 Å². The molecule has 0 aromatic carbocycles. The molecule has 0 spiro atoms. The van der Waals surface area contributed by atoms with Gasteiger partial charge in [-0.25, -0.2) is 8.57 Å². The summed E-state index contributed by atoms with van der Waals surface area (Å²) < 4.78 is 39.7. The van der Waals surface area contributed by atoms with Crippen molar-refractivity contribution >= 4 is 10.4 Å². The normalized spacial score (nSPS) is 12.2. The van der Waals surface area contributed by atoms with Gasteiger partial charge in [0.1, 0.15) is 12.6 Å². The molecule has 0 N–H and O–H groups in total. The van der Waals surface area contributed by atoms with Crippen molar-refractivity contribution in [1.82, 2.24) is 0 Å². The smallest absolute Gasteiger partial charge is 0.367 e. The van der Waals surface area contributed by atoms with E-state index < -0.39 is 10.4 Å². The van der Waals surface area contributed by atoms with Gasteiger partial charge in [0.15, 0.2) is 0 Å². The molecule has 0 bridgehead atoms. The summed E-state index contributed by atoms with van der Waals surface area (Å²) >= 11 is 0. The Morgan fingerprint density at radius 3 is 2.60 bits per heavy atom. The monoisotopic (exact) mass is 170 g/mol. The zero-order valence-corrected chi connectivity index (χ0v) is 6.10. The van der Waals surface area contributed by atoms with Crippen LogP contribution in [0.4, 0.5) is 4.39 Å². The average molecular weight is 170 g/mol. The predicted molar refractivity (Wildman–Crippen MR) is 31.9 cm³/mol. The summed E-state index contributed by atoms with van der Waals surface area (Å²) in [6.07, 6.45) is 0.335. The van der Waals surface area contributed by atoms with Gasteiger partial charge < -0.3 is 4.18 Å². The molecule has 0 aliphatic rings. The molecule has 0 heterocycles. The summed E-state index contributed by atoms with van der Waals surface area (Å²) in [6, 6.07) is 0. The van der Waals surface area contributed by atoms with Crippen LogP contribution in [0, 0.1) is 0 Å². The Balaban J connectivity index is 3.89. The molecule has 0 saturated heterocycles. The Labute approximate surface area is 58.6 Å². The van der Waals surface area contributed by atoms with Crippen molar-refractivity contribution < 1.29 is 21.2 Å². The highest BCUT2D eigenvalue weighted by molar-refractivity contribution is 7.81. The van der Waals surface area contributed by atoms with Crippen LogP contribution in [0.3, 0.4) is 0 Å². The molecule has 0 aliphatic carbocycles. The lowest BCUT2D eigenvalue weighted by Gasteiger charge is -1.98. The van der Waals surface area contributed by atoms with E-state index >= 15 is 0 Å². The van der Waals surface area contributed by atoms with Crippen LogP contribution in [0.2, 0.25) is 0 Å². The van der Waals surface area contributed by atoms with Crippen LogP contribution in [-0.2, 0) is 18.8 Å². The molecule has 6 heteroatoms. The molecule has 0 amide bonds. The van der Waals surface area contributed by atoms with Crippen LogP contribution in [0.1, 0.15) is 6.92 Å². The maximum Gasteiger partial charge on any atom is 0.448 e. The minimum Gasteiger partial charge on any atom is -0.367 e. The van der Waals surface area contributed by atoms with Crippen molar-refractivity contribution in [2.45, 2.75) is 6.92 Å². The van der Waals surface area contributed by atoms with Gasteiger partial charge in [0.05, 0.1) is 6.61 Å². The Kier molecular flexibility index (Phi) is 3.97. The molecule has 0 aromatic rings. The maximum atomic E-state index is 11.1. The van der Waals surface area contributed by atoms with Crippen LogP contribution >= 0.6 is 0 Å². The van der Waals surface area contributed by atoms with Crippen LogP contribution in [0.5, 0.6) is 0 Å². The van der Waals surface area contributed by atoms with Crippen LogP contribution in [0.25, 0.3) is 0 Å². The Bertz CT molecular complexity index is 195. The van der Waals surface area contributed by atoms with Gasteiger partial charge in [-0.2, -0.15) is 8.42 Å². The van der Waals surface area contributed by atoms with Crippen LogP contribution in [-0.4, -0.2) is 15.0 Å². The summed E-state index contributed by atoms with van der Waals surface area (Å²) in [5.41, 5.74) is 0. The number of hydrogen-bond donors (Lipinski definition) is 0. The van der Waals surface area contributed by atoms with Crippen molar-refractivity contribution in [2.24, 2.45) is 0 Å². The van der Waals surface area contributed by atoms with Crippen molar-refractivity contribution in [1.29, 1.82) is 0 Å². The second-order valence-electron chi connectivity index (χ2n) is 1.17. The van der Waals surface area contributed by atoms with Crippen molar-refractivity contribution in [3.8, 4) is 0 Å². The van der Waals surface area contributed by atoms with Gasteiger partial charge >= 0.3 is 10.4 Å². The highest BCUT2D eigenvalue weighted by Gasteiger charge is 2.07. The molecule has 0 atom stereocenters. The lowest BCUT2D eigenvalue weighted by Crippen LogP contribution is -2.05. The molecule has 0 saturated carbocycles. The molecular weight excluding hydrogens is 163 g/mol. The van der Waals surface area contributed by atoms with E-state index in [1.165, 1.54) is 6.92 Å². The van der Waals surface area contributed by atoms with E-state index in [1.807, 2.05) is 0 Å². The summed E-state index contributed by atoms with van der Waals surface area (Å²) in [5.74, 6) is 0. The molecular formula is C4H7FO4S. The fourth-order valence-electron chi connectivity index (χ4n) is 0.261. The number of halogens is 1. The first kappa shape index (κ1) is 9.38. The van der Waals surface area contributed by atoms with E-state index in [4.69, 9.17) is 0 Å². The molecule has 0 aliphatic heterocycles. The fraction of sp³-hybridized carbons (Fsp3) is 0.500. The third-order valence-corrected chi connectivity index (χ3v) is 1.36. The molecule has 0 fully saturated rings.